The minimum absolute atomic E-state index is 0.00479. The van der Waals surface area contributed by atoms with Crippen LogP contribution >= 0.6 is 0 Å². The summed E-state index contributed by atoms with van der Waals surface area (Å²) in [7, 11) is -3.77. The fourth-order valence-corrected chi connectivity index (χ4v) is 5.42. The van der Waals surface area contributed by atoms with Crippen LogP contribution in [0.5, 0.6) is 0 Å². The van der Waals surface area contributed by atoms with E-state index in [9.17, 15) is 23.4 Å². The number of carboxylic acids is 1. The molecule has 0 unspecified atom stereocenters. The summed E-state index contributed by atoms with van der Waals surface area (Å²) in [6.45, 7) is 4.38. The highest BCUT2D eigenvalue weighted by Crippen LogP contribution is 2.35. The fraction of sp³-hybridized carbons (Fsp3) is 0.227. The van der Waals surface area contributed by atoms with Gasteiger partial charge in [0.05, 0.1) is 27.2 Å². The third kappa shape index (κ3) is 3.77. The molecule has 1 saturated heterocycles. The van der Waals surface area contributed by atoms with Crippen molar-refractivity contribution in [2.24, 2.45) is 0 Å². The molecule has 9 heteroatoms. The lowest BCUT2D eigenvalue weighted by Gasteiger charge is -2.26. The maximum Gasteiger partial charge on any atom is 0.337 e. The van der Waals surface area contributed by atoms with Gasteiger partial charge >= 0.3 is 5.97 Å². The van der Waals surface area contributed by atoms with Gasteiger partial charge in [-0.05, 0) is 43.2 Å². The van der Waals surface area contributed by atoms with E-state index >= 15 is 0 Å². The number of hydrogen-bond acceptors (Lipinski definition) is 6. The van der Waals surface area contributed by atoms with Crippen LogP contribution < -0.4 is 0 Å². The Balaban J connectivity index is 1.99. The van der Waals surface area contributed by atoms with Gasteiger partial charge in [-0.25, -0.2) is 18.2 Å². The summed E-state index contributed by atoms with van der Waals surface area (Å²) in [5, 5.41) is 20.3. The van der Waals surface area contributed by atoms with E-state index < -0.39 is 21.8 Å². The third-order valence-corrected chi connectivity index (χ3v) is 7.24. The highest BCUT2D eigenvalue weighted by atomic mass is 32.2. The maximum atomic E-state index is 13.1. The molecule has 31 heavy (non-hydrogen) atoms. The van der Waals surface area contributed by atoms with Crippen LogP contribution in [0.25, 0.3) is 27.9 Å². The number of aliphatic hydroxyl groups is 1. The van der Waals surface area contributed by atoms with Gasteiger partial charge in [-0.1, -0.05) is 13.0 Å². The Morgan fingerprint density at radius 2 is 1.81 bits per heavy atom. The van der Waals surface area contributed by atoms with Crippen molar-refractivity contribution in [2.75, 3.05) is 13.1 Å². The molecule has 1 fully saturated rings. The lowest BCUT2D eigenvalue weighted by Crippen LogP contribution is -2.35. The van der Waals surface area contributed by atoms with Crippen molar-refractivity contribution in [3.05, 3.63) is 60.4 Å². The summed E-state index contributed by atoms with van der Waals surface area (Å²) in [4.78, 5) is 20.8. The molecule has 4 rings (SSSR count). The molecule has 0 aliphatic carbocycles. The second kappa shape index (κ2) is 8.09. The molecule has 8 nitrogen and oxygen atoms in total. The number of hydrogen-bond donors (Lipinski definition) is 2. The molecular weight excluding hydrogens is 418 g/mol. The number of piperidine rings is 1. The number of pyridine rings is 2. The van der Waals surface area contributed by atoms with Crippen LogP contribution in [-0.4, -0.2) is 52.0 Å². The molecular formula is C22H21N3O5S. The minimum atomic E-state index is -3.77. The van der Waals surface area contributed by atoms with E-state index in [4.69, 9.17) is 0 Å². The number of fused-ring (bicyclic) bond motifs is 1. The van der Waals surface area contributed by atoms with Crippen molar-refractivity contribution in [2.45, 2.75) is 24.2 Å². The smallest absolute Gasteiger partial charge is 0.337 e. The van der Waals surface area contributed by atoms with E-state index in [2.05, 4.69) is 16.5 Å². The quantitative estimate of drug-likeness (QED) is 0.582. The topological polar surface area (TPSA) is 121 Å². The van der Waals surface area contributed by atoms with Crippen molar-refractivity contribution in [3.63, 3.8) is 0 Å². The molecule has 0 atom stereocenters. The van der Waals surface area contributed by atoms with Gasteiger partial charge in [0, 0.05) is 36.4 Å². The Bertz CT molecular complexity index is 1280. The normalized spacial score (nSPS) is 15.1. The summed E-state index contributed by atoms with van der Waals surface area (Å²) in [5.74, 6) is -1.80. The van der Waals surface area contributed by atoms with Crippen molar-refractivity contribution >= 4 is 32.7 Å². The zero-order valence-corrected chi connectivity index (χ0v) is 17.5. The van der Waals surface area contributed by atoms with Crippen molar-refractivity contribution in [3.8, 4) is 11.3 Å². The van der Waals surface area contributed by atoms with Crippen molar-refractivity contribution < 1.29 is 23.4 Å². The summed E-state index contributed by atoms with van der Waals surface area (Å²) in [5.41, 5.74) is 0.672. The number of aromatic carboxylic acids is 1. The van der Waals surface area contributed by atoms with Gasteiger partial charge in [0.1, 0.15) is 5.76 Å². The number of aliphatic hydroxyl groups excluding tert-OH is 1. The minimum Gasteiger partial charge on any atom is -0.508 e. The van der Waals surface area contributed by atoms with Gasteiger partial charge in [0.25, 0.3) is 0 Å². The van der Waals surface area contributed by atoms with Gasteiger partial charge in [-0.2, -0.15) is 4.31 Å². The maximum absolute atomic E-state index is 13.1. The summed E-state index contributed by atoms with van der Waals surface area (Å²) < 4.78 is 27.6. The standard InChI is InChI=1S/C22H21N3O5S/c1-14(26)19-20(22(27)28)17-12-16(31(29,30)25-10-3-2-4-11-25)7-8-18(17)24-21(19)15-6-5-9-23-13-15/h5-9,12-13,26H,1-4,10-11H2,(H,27,28). The summed E-state index contributed by atoms with van der Waals surface area (Å²) in [6.07, 6.45) is 5.63. The monoisotopic (exact) mass is 439 g/mol. The molecule has 0 saturated carbocycles. The summed E-state index contributed by atoms with van der Waals surface area (Å²) >= 11 is 0. The van der Waals surface area contributed by atoms with Gasteiger partial charge in [0.15, 0.2) is 0 Å². The molecule has 0 radical (unpaired) electrons. The molecule has 0 spiro atoms. The number of carbonyl (C=O) groups is 1. The van der Waals surface area contributed by atoms with Gasteiger partial charge in [0.2, 0.25) is 10.0 Å². The first-order chi connectivity index (χ1) is 14.8. The van der Waals surface area contributed by atoms with E-state index in [-0.39, 0.29) is 27.1 Å². The van der Waals surface area contributed by atoms with Gasteiger partial charge in [-0.3, -0.25) is 4.98 Å². The second-order valence-corrected chi connectivity index (χ2v) is 9.29. The average molecular weight is 439 g/mol. The first-order valence-electron chi connectivity index (χ1n) is 9.80. The molecule has 2 aromatic heterocycles. The van der Waals surface area contributed by atoms with E-state index in [0.29, 0.717) is 24.2 Å². The Hall–Kier alpha value is -3.30. The number of nitrogens with zero attached hydrogens (tertiary/aromatic N) is 3. The molecule has 1 aromatic carbocycles. The van der Waals surface area contributed by atoms with Crippen molar-refractivity contribution in [1.29, 1.82) is 0 Å². The lowest BCUT2D eigenvalue weighted by molar-refractivity contribution is 0.0698. The highest BCUT2D eigenvalue weighted by molar-refractivity contribution is 7.89. The molecule has 2 N–H and O–H groups in total. The van der Waals surface area contributed by atoms with Crippen molar-refractivity contribution in [1.82, 2.24) is 14.3 Å². The van der Waals surface area contributed by atoms with E-state index in [1.165, 1.54) is 28.7 Å². The Labute approximate surface area is 179 Å². The van der Waals surface area contributed by atoms with Crippen LogP contribution in [-0.2, 0) is 10.0 Å². The summed E-state index contributed by atoms with van der Waals surface area (Å²) in [6, 6.07) is 7.59. The fourth-order valence-electron chi connectivity index (χ4n) is 3.87. The Morgan fingerprint density at radius 3 is 2.42 bits per heavy atom. The van der Waals surface area contributed by atoms with Crippen LogP contribution in [0.15, 0.2) is 54.2 Å². The predicted molar refractivity (Wildman–Crippen MR) is 116 cm³/mol. The van der Waals surface area contributed by atoms with E-state index in [1.54, 1.807) is 18.3 Å². The molecule has 160 valence electrons. The molecule has 1 aliphatic rings. The Kier molecular flexibility index (Phi) is 5.47. The first kappa shape index (κ1) is 21.0. The van der Waals surface area contributed by atoms with E-state index in [0.717, 1.165) is 19.3 Å². The SMILES string of the molecule is C=C(O)c1c(-c2cccnc2)nc2ccc(S(=O)(=O)N3CCCCC3)cc2c1C(=O)O. The van der Waals surface area contributed by atoms with Gasteiger partial charge in [-0.15, -0.1) is 0 Å². The first-order valence-corrected chi connectivity index (χ1v) is 11.2. The molecule has 3 aromatic rings. The van der Waals surface area contributed by atoms with Crippen LogP contribution in [0, 0.1) is 0 Å². The highest BCUT2D eigenvalue weighted by Gasteiger charge is 2.28. The second-order valence-electron chi connectivity index (χ2n) is 7.35. The zero-order valence-electron chi connectivity index (χ0n) is 16.7. The number of carboxylic acid groups (broad SMARTS) is 1. The van der Waals surface area contributed by atoms with Crippen LogP contribution in [0.3, 0.4) is 0 Å². The average Bonchev–Trinajstić information content (AvgIpc) is 2.78. The molecule has 0 amide bonds. The number of aromatic nitrogens is 2. The predicted octanol–water partition coefficient (Wildman–Crippen LogP) is 3.70. The van der Waals surface area contributed by atoms with Gasteiger partial charge < -0.3 is 10.2 Å². The largest absolute Gasteiger partial charge is 0.508 e. The molecule has 1 aliphatic heterocycles. The van der Waals surface area contributed by atoms with E-state index in [1.807, 2.05) is 0 Å². The number of rotatable bonds is 5. The lowest BCUT2D eigenvalue weighted by atomic mass is 9.96. The number of sulfonamides is 1. The van der Waals surface area contributed by atoms with Crippen LogP contribution in [0.2, 0.25) is 0 Å². The van der Waals surface area contributed by atoms with Crippen LogP contribution in [0.1, 0.15) is 35.2 Å². The third-order valence-electron chi connectivity index (χ3n) is 5.35. The Morgan fingerprint density at radius 1 is 1.06 bits per heavy atom. The zero-order chi connectivity index (χ0) is 22.2. The molecule has 3 heterocycles. The number of benzene rings is 1. The molecule has 0 bridgehead atoms. The van der Waals surface area contributed by atoms with Crippen LogP contribution in [0.4, 0.5) is 0 Å².